The Kier molecular flexibility index (Phi) is 4.92. The van der Waals surface area contributed by atoms with Crippen LogP contribution in [0, 0.1) is 0 Å². The van der Waals surface area contributed by atoms with Crippen molar-refractivity contribution in [3.8, 4) is 5.69 Å². The monoisotopic (exact) mass is 368 g/mol. The molecule has 1 heterocycles. The van der Waals surface area contributed by atoms with E-state index in [9.17, 15) is 8.42 Å². The zero-order valence-electron chi connectivity index (χ0n) is 15.3. The fraction of sp³-hybridized carbons (Fsp3) is 0.238. The number of nitrogens with zero attached hydrogens (tertiary/aromatic N) is 1. The quantitative estimate of drug-likeness (QED) is 0.668. The zero-order valence-corrected chi connectivity index (χ0v) is 16.1. The highest BCUT2D eigenvalue weighted by molar-refractivity contribution is 7.92. The van der Waals surface area contributed by atoms with Crippen molar-refractivity contribution in [3.63, 3.8) is 0 Å². The van der Waals surface area contributed by atoms with Gasteiger partial charge in [0.15, 0.2) is 0 Å². The Morgan fingerprint density at radius 2 is 1.54 bits per heavy atom. The maximum Gasteiger partial charge on any atom is 0.261 e. The predicted molar refractivity (Wildman–Crippen MR) is 106 cm³/mol. The number of para-hydroxylation sites is 2. The van der Waals surface area contributed by atoms with Crippen LogP contribution in [0.1, 0.15) is 32.8 Å². The molecule has 0 saturated carbocycles. The van der Waals surface area contributed by atoms with E-state index in [1.165, 1.54) is 0 Å². The molecule has 0 fully saturated rings. The van der Waals surface area contributed by atoms with Crippen LogP contribution >= 0.6 is 0 Å². The molecule has 1 aromatic heterocycles. The smallest absolute Gasteiger partial charge is 0.261 e. The van der Waals surface area contributed by atoms with Gasteiger partial charge in [-0.2, -0.15) is 0 Å². The Morgan fingerprint density at radius 3 is 2.15 bits per heavy atom. The maximum atomic E-state index is 12.8. The Balaban J connectivity index is 1.91. The molecule has 0 amide bonds. The fourth-order valence-corrected chi connectivity index (χ4v) is 3.85. The highest BCUT2D eigenvalue weighted by atomic mass is 32.2. The molecule has 3 aromatic rings. The third-order valence-electron chi connectivity index (χ3n) is 4.86. The van der Waals surface area contributed by atoms with Crippen LogP contribution in [0.3, 0.4) is 0 Å². The molecular weight excluding hydrogens is 344 g/mol. The number of sulfonamides is 1. The number of aromatic nitrogens is 1. The van der Waals surface area contributed by atoms with E-state index in [1.807, 2.05) is 59.4 Å². The lowest BCUT2D eigenvalue weighted by atomic mass is 9.82. The summed E-state index contributed by atoms with van der Waals surface area (Å²) in [7, 11) is -3.66. The molecule has 0 saturated heterocycles. The summed E-state index contributed by atoms with van der Waals surface area (Å²) < 4.78 is 30.3. The Labute approximate surface area is 155 Å². The van der Waals surface area contributed by atoms with Gasteiger partial charge in [-0.15, -0.1) is 0 Å². The van der Waals surface area contributed by atoms with Gasteiger partial charge in [0.25, 0.3) is 10.0 Å². The number of hydrogen-bond acceptors (Lipinski definition) is 2. The standard InChI is InChI=1S/C21H24N2O2S/c1-4-21(2,3)17-11-13-18(14-12-17)26(24,25)22-19-9-5-6-10-20(19)23-15-7-8-16-23/h5-16,22H,4H2,1-3H3. The van der Waals surface area contributed by atoms with Crippen molar-refractivity contribution >= 4 is 15.7 Å². The van der Waals surface area contributed by atoms with E-state index in [-0.39, 0.29) is 10.3 Å². The van der Waals surface area contributed by atoms with Crippen molar-refractivity contribution in [3.05, 3.63) is 78.6 Å². The summed E-state index contributed by atoms with van der Waals surface area (Å²) in [6.07, 6.45) is 4.76. The number of nitrogens with one attached hydrogen (secondary N) is 1. The average molecular weight is 369 g/mol. The second kappa shape index (κ2) is 7.00. The molecule has 4 nitrogen and oxygen atoms in total. The normalized spacial score (nSPS) is 12.1. The molecule has 0 radical (unpaired) electrons. The minimum absolute atomic E-state index is 0.0245. The summed E-state index contributed by atoms with van der Waals surface area (Å²) in [5.41, 5.74) is 2.48. The molecule has 0 spiro atoms. The molecule has 0 aliphatic rings. The molecule has 136 valence electrons. The summed E-state index contributed by atoms with van der Waals surface area (Å²) in [5, 5.41) is 0. The van der Waals surface area contributed by atoms with E-state index in [0.29, 0.717) is 5.69 Å². The molecule has 2 aromatic carbocycles. The minimum atomic E-state index is -3.66. The van der Waals surface area contributed by atoms with Gasteiger partial charge in [-0.3, -0.25) is 4.72 Å². The molecule has 26 heavy (non-hydrogen) atoms. The van der Waals surface area contributed by atoms with Gasteiger partial charge in [-0.1, -0.05) is 45.0 Å². The Hall–Kier alpha value is -2.53. The number of benzene rings is 2. The third-order valence-corrected chi connectivity index (χ3v) is 6.24. The summed E-state index contributed by atoms with van der Waals surface area (Å²) in [5.74, 6) is 0. The van der Waals surface area contributed by atoms with Crippen LogP contribution in [-0.4, -0.2) is 13.0 Å². The summed E-state index contributed by atoms with van der Waals surface area (Å²) in [6.45, 7) is 6.44. The van der Waals surface area contributed by atoms with Crippen LogP contribution in [0.5, 0.6) is 0 Å². The number of rotatable bonds is 6. The number of hydrogen-bond donors (Lipinski definition) is 1. The van der Waals surface area contributed by atoms with Gasteiger partial charge in [0, 0.05) is 12.4 Å². The lowest BCUT2D eigenvalue weighted by molar-refractivity contribution is 0.506. The molecule has 0 bridgehead atoms. The second-order valence-corrected chi connectivity index (χ2v) is 8.66. The number of anilines is 1. The van der Waals surface area contributed by atoms with E-state index in [2.05, 4.69) is 25.5 Å². The molecule has 0 unspecified atom stereocenters. The molecule has 3 rings (SSSR count). The van der Waals surface area contributed by atoms with E-state index >= 15 is 0 Å². The zero-order chi connectivity index (χ0) is 18.8. The summed E-state index contributed by atoms with van der Waals surface area (Å²) >= 11 is 0. The molecule has 0 aliphatic carbocycles. The first-order valence-corrected chi connectivity index (χ1v) is 10.2. The largest absolute Gasteiger partial charge is 0.322 e. The van der Waals surface area contributed by atoms with Crippen molar-refractivity contribution < 1.29 is 8.42 Å². The summed E-state index contributed by atoms with van der Waals surface area (Å²) in [4.78, 5) is 0.260. The van der Waals surface area contributed by atoms with Crippen molar-refractivity contribution in [2.45, 2.75) is 37.5 Å². The molecule has 0 aliphatic heterocycles. The van der Waals surface area contributed by atoms with Crippen LogP contribution in [0.2, 0.25) is 0 Å². The SMILES string of the molecule is CCC(C)(C)c1ccc(S(=O)(=O)Nc2ccccc2-n2cccc2)cc1. The van der Waals surface area contributed by atoms with E-state index in [4.69, 9.17) is 0 Å². The van der Waals surface area contributed by atoms with Gasteiger partial charge >= 0.3 is 0 Å². The Morgan fingerprint density at radius 1 is 0.923 bits per heavy atom. The van der Waals surface area contributed by atoms with Crippen LogP contribution in [0.15, 0.2) is 78.0 Å². The van der Waals surface area contributed by atoms with Crippen molar-refractivity contribution in [2.75, 3.05) is 4.72 Å². The predicted octanol–water partition coefficient (Wildman–Crippen LogP) is 4.97. The molecular formula is C21H24N2O2S. The highest BCUT2D eigenvalue weighted by Crippen LogP contribution is 2.28. The van der Waals surface area contributed by atoms with Crippen molar-refractivity contribution in [1.29, 1.82) is 0 Å². The minimum Gasteiger partial charge on any atom is -0.322 e. The van der Waals surface area contributed by atoms with Crippen LogP contribution in [0.4, 0.5) is 5.69 Å². The Bertz CT molecular complexity index is 973. The molecule has 5 heteroatoms. The first kappa shape index (κ1) is 18.3. The van der Waals surface area contributed by atoms with Crippen molar-refractivity contribution in [1.82, 2.24) is 4.57 Å². The maximum absolute atomic E-state index is 12.8. The van der Waals surface area contributed by atoms with Crippen LogP contribution in [0.25, 0.3) is 5.69 Å². The fourth-order valence-electron chi connectivity index (χ4n) is 2.77. The summed E-state index contributed by atoms with van der Waals surface area (Å²) in [6, 6.07) is 18.3. The van der Waals surface area contributed by atoms with Gasteiger partial charge in [-0.05, 0) is 53.8 Å². The van der Waals surface area contributed by atoms with E-state index in [0.717, 1.165) is 17.7 Å². The lowest BCUT2D eigenvalue weighted by Gasteiger charge is -2.23. The van der Waals surface area contributed by atoms with Crippen LogP contribution < -0.4 is 4.72 Å². The van der Waals surface area contributed by atoms with Gasteiger partial charge in [0.1, 0.15) is 0 Å². The van der Waals surface area contributed by atoms with Gasteiger partial charge < -0.3 is 4.57 Å². The molecule has 1 N–H and O–H groups in total. The lowest BCUT2D eigenvalue weighted by Crippen LogP contribution is -2.17. The average Bonchev–Trinajstić information content (AvgIpc) is 3.16. The molecule has 0 atom stereocenters. The van der Waals surface area contributed by atoms with Crippen LogP contribution in [-0.2, 0) is 15.4 Å². The third kappa shape index (κ3) is 3.68. The van der Waals surface area contributed by atoms with E-state index < -0.39 is 10.0 Å². The van der Waals surface area contributed by atoms with E-state index in [1.54, 1.807) is 18.2 Å². The van der Waals surface area contributed by atoms with Crippen molar-refractivity contribution in [2.24, 2.45) is 0 Å². The van der Waals surface area contributed by atoms with Gasteiger partial charge in [0.05, 0.1) is 16.3 Å². The first-order chi connectivity index (χ1) is 12.3. The highest BCUT2D eigenvalue weighted by Gasteiger charge is 2.20. The topological polar surface area (TPSA) is 51.1 Å². The van der Waals surface area contributed by atoms with Gasteiger partial charge in [0.2, 0.25) is 0 Å². The first-order valence-electron chi connectivity index (χ1n) is 8.69. The van der Waals surface area contributed by atoms with Gasteiger partial charge in [-0.25, -0.2) is 8.42 Å². The second-order valence-electron chi connectivity index (χ2n) is 6.97.